The lowest BCUT2D eigenvalue weighted by molar-refractivity contribution is -0.149. The first-order valence-corrected chi connectivity index (χ1v) is 9.16. The number of hydrogen-bond acceptors (Lipinski definition) is 4. The van der Waals surface area contributed by atoms with E-state index in [1.54, 1.807) is 0 Å². The molecule has 0 spiro atoms. The standard InChI is InChI=1S/C20H29NO4/c1-15(2)13-18(20(23)25-14-16-7-4-3-5-8-16)21-19(22)11-10-17-9-6-12-24-17/h3-5,7-8,15,17-18H,6,9-14H2,1-2H3,(H,21,22)/t17?,18-/m0/s1. The third-order valence-corrected chi connectivity index (χ3v) is 4.27. The first-order chi connectivity index (χ1) is 12.0. The summed E-state index contributed by atoms with van der Waals surface area (Å²) in [4.78, 5) is 24.6. The third-order valence-electron chi connectivity index (χ3n) is 4.27. The Bertz CT molecular complexity index is 538. The molecular formula is C20H29NO4. The van der Waals surface area contributed by atoms with Gasteiger partial charge in [-0.3, -0.25) is 4.79 Å². The van der Waals surface area contributed by atoms with Gasteiger partial charge in [0.25, 0.3) is 0 Å². The van der Waals surface area contributed by atoms with E-state index in [0.717, 1.165) is 25.0 Å². The molecule has 1 fully saturated rings. The summed E-state index contributed by atoms with van der Waals surface area (Å²) >= 11 is 0. The number of carbonyl (C=O) groups is 2. The van der Waals surface area contributed by atoms with Gasteiger partial charge in [0.1, 0.15) is 12.6 Å². The van der Waals surface area contributed by atoms with Gasteiger partial charge in [0.15, 0.2) is 0 Å². The Morgan fingerprint density at radius 3 is 2.68 bits per heavy atom. The molecule has 1 aliphatic rings. The molecule has 1 aliphatic heterocycles. The maximum absolute atomic E-state index is 12.4. The van der Waals surface area contributed by atoms with E-state index in [-0.39, 0.29) is 30.5 Å². The van der Waals surface area contributed by atoms with Gasteiger partial charge in [-0.2, -0.15) is 0 Å². The van der Waals surface area contributed by atoms with Gasteiger partial charge >= 0.3 is 5.97 Å². The smallest absolute Gasteiger partial charge is 0.328 e. The van der Waals surface area contributed by atoms with Crippen LogP contribution in [0.15, 0.2) is 30.3 Å². The fourth-order valence-electron chi connectivity index (χ4n) is 2.95. The quantitative estimate of drug-likeness (QED) is 0.697. The maximum atomic E-state index is 12.4. The highest BCUT2D eigenvalue weighted by atomic mass is 16.5. The summed E-state index contributed by atoms with van der Waals surface area (Å²) in [7, 11) is 0. The normalized spacial score (nSPS) is 18.1. The van der Waals surface area contributed by atoms with Gasteiger partial charge in [0, 0.05) is 13.0 Å². The molecule has 25 heavy (non-hydrogen) atoms. The number of carbonyl (C=O) groups excluding carboxylic acids is 2. The Balaban J connectivity index is 1.81. The van der Waals surface area contributed by atoms with E-state index in [9.17, 15) is 9.59 Å². The minimum absolute atomic E-state index is 0.113. The molecule has 1 heterocycles. The van der Waals surface area contributed by atoms with Gasteiger partial charge in [-0.05, 0) is 37.2 Å². The second-order valence-electron chi connectivity index (χ2n) is 7.02. The summed E-state index contributed by atoms with van der Waals surface area (Å²) in [6, 6.07) is 8.95. The molecule has 0 aliphatic carbocycles. The van der Waals surface area contributed by atoms with E-state index < -0.39 is 6.04 Å². The first-order valence-electron chi connectivity index (χ1n) is 9.16. The molecule has 1 aromatic rings. The number of ether oxygens (including phenoxy) is 2. The number of esters is 1. The van der Waals surface area contributed by atoms with Crippen LogP contribution in [-0.4, -0.2) is 30.6 Å². The number of benzene rings is 1. The average Bonchev–Trinajstić information content (AvgIpc) is 3.11. The van der Waals surface area contributed by atoms with E-state index in [0.29, 0.717) is 19.3 Å². The zero-order chi connectivity index (χ0) is 18.1. The summed E-state index contributed by atoms with van der Waals surface area (Å²) in [5, 5.41) is 2.84. The van der Waals surface area contributed by atoms with Crippen molar-refractivity contribution in [2.45, 2.75) is 64.7 Å². The van der Waals surface area contributed by atoms with Crippen molar-refractivity contribution in [1.29, 1.82) is 0 Å². The number of rotatable bonds is 9. The van der Waals surface area contributed by atoms with Crippen LogP contribution in [0, 0.1) is 5.92 Å². The van der Waals surface area contributed by atoms with Crippen molar-refractivity contribution in [1.82, 2.24) is 5.32 Å². The fourth-order valence-corrected chi connectivity index (χ4v) is 2.95. The molecule has 0 aromatic heterocycles. The second kappa shape index (κ2) is 10.2. The minimum Gasteiger partial charge on any atom is -0.459 e. The van der Waals surface area contributed by atoms with Crippen molar-refractivity contribution >= 4 is 11.9 Å². The first kappa shape index (κ1) is 19.4. The Kier molecular flexibility index (Phi) is 7.92. The van der Waals surface area contributed by atoms with Crippen molar-refractivity contribution in [3.8, 4) is 0 Å². The Hall–Kier alpha value is -1.88. The molecule has 2 atom stereocenters. The highest BCUT2D eigenvalue weighted by Gasteiger charge is 2.24. The summed E-state index contributed by atoms with van der Waals surface area (Å²) in [5.74, 6) is -0.200. The summed E-state index contributed by atoms with van der Waals surface area (Å²) in [5.41, 5.74) is 0.934. The lowest BCUT2D eigenvalue weighted by Gasteiger charge is -2.20. The van der Waals surface area contributed by atoms with Crippen molar-refractivity contribution < 1.29 is 19.1 Å². The molecule has 2 rings (SSSR count). The molecule has 1 unspecified atom stereocenters. The zero-order valence-electron chi connectivity index (χ0n) is 15.2. The molecule has 138 valence electrons. The molecule has 1 N–H and O–H groups in total. The number of hydrogen-bond donors (Lipinski definition) is 1. The Morgan fingerprint density at radius 1 is 1.28 bits per heavy atom. The predicted molar refractivity (Wildman–Crippen MR) is 95.8 cm³/mol. The van der Waals surface area contributed by atoms with Gasteiger partial charge in [-0.25, -0.2) is 4.79 Å². The molecule has 0 bridgehead atoms. The van der Waals surface area contributed by atoms with Crippen molar-refractivity contribution in [2.75, 3.05) is 6.61 Å². The largest absolute Gasteiger partial charge is 0.459 e. The van der Waals surface area contributed by atoms with Gasteiger partial charge in [-0.1, -0.05) is 44.2 Å². The molecule has 1 aromatic carbocycles. The topological polar surface area (TPSA) is 64.6 Å². The van der Waals surface area contributed by atoms with Crippen LogP contribution in [-0.2, 0) is 25.7 Å². The van der Waals surface area contributed by atoms with E-state index in [1.807, 2.05) is 44.2 Å². The molecule has 1 saturated heterocycles. The molecule has 1 amide bonds. The van der Waals surface area contributed by atoms with E-state index >= 15 is 0 Å². The average molecular weight is 347 g/mol. The van der Waals surface area contributed by atoms with Gasteiger partial charge < -0.3 is 14.8 Å². The van der Waals surface area contributed by atoms with Gasteiger partial charge in [0.2, 0.25) is 5.91 Å². The maximum Gasteiger partial charge on any atom is 0.328 e. The second-order valence-corrected chi connectivity index (χ2v) is 7.02. The van der Waals surface area contributed by atoms with Gasteiger partial charge in [-0.15, -0.1) is 0 Å². The number of nitrogens with one attached hydrogen (secondary N) is 1. The molecule has 0 saturated carbocycles. The molecule has 5 nitrogen and oxygen atoms in total. The summed E-state index contributed by atoms with van der Waals surface area (Å²) in [6.45, 7) is 5.06. The third kappa shape index (κ3) is 7.26. The molecular weight excluding hydrogens is 318 g/mol. The Labute approximate surface area is 150 Å². The Morgan fingerprint density at radius 2 is 2.04 bits per heavy atom. The predicted octanol–water partition coefficient (Wildman–Crippen LogP) is 3.22. The van der Waals surface area contributed by atoms with Crippen molar-refractivity contribution in [2.24, 2.45) is 5.92 Å². The van der Waals surface area contributed by atoms with Crippen LogP contribution in [0.1, 0.15) is 51.5 Å². The van der Waals surface area contributed by atoms with E-state index in [1.165, 1.54) is 0 Å². The zero-order valence-corrected chi connectivity index (χ0v) is 15.2. The van der Waals surface area contributed by atoms with Crippen molar-refractivity contribution in [3.05, 3.63) is 35.9 Å². The van der Waals surface area contributed by atoms with E-state index in [4.69, 9.17) is 9.47 Å². The van der Waals surface area contributed by atoms with Crippen LogP contribution in [0.5, 0.6) is 0 Å². The number of amides is 1. The van der Waals surface area contributed by atoms with Crippen LogP contribution >= 0.6 is 0 Å². The van der Waals surface area contributed by atoms with Gasteiger partial charge in [0.05, 0.1) is 6.10 Å². The lowest BCUT2D eigenvalue weighted by Crippen LogP contribution is -2.42. The highest BCUT2D eigenvalue weighted by molar-refractivity contribution is 5.84. The summed E-state index contributed by atoms with van der Waals surface area (Å²) in [6.07, 6.45) is 3.92. The molecule has 5 heteroatoms. The SMILES string of the molecule is CC(C)C[C@H](NC(=O)CCC1CCCO1)C(=O)OCc1ccccc1. The van der Waals surface area contributed by atoms with Crippen LogP contribution in [0.2, 0.25) is 0 Å². The highest BCUT2D eigenvalue weighted by Crippen LogP contribution is 2.17. The minimum atomic E-state index is -0.597. The summed E-state index contributed by atoms with van der Waals surface area (Å²) < 4.78 is 10.9. The van der Waals surface area contributed by atoms with Crippen LogP contribution < -0.4 is 5.32 Å². The lowest BCUT2D eigenvalue weighted by atomic mass is 10.0. The molecule has 0 radical (unpaired) electrons. The van der Waals surface area contributed by atoms with Crippen LogP contribution in [0.3, 0.4) is 0 Å². The fraction of sp³-hybridized carbons (Fsp3) is 0.600. The van der Waals surface area contributed by atoms with Crippen LogP contribution in [0.25, 0.3) is 0 Å². The monoisotopic (exact) mass is 347 g/mol. The van der Waals surface area contributed by atoms with Crippen molar-refractivity contribution in [3.63, 3.8) is 0 Å². The van der Waals surface area contributed by atoms with E-state index in [2.05, 4.69) is 5.32 Å². The van der Waals surface area contributed by atoms with Crippen LogP contribution in [0.4, 0.5) is 0 Å².